The van der Waals surface area contributed by atoms with E-state index >= 15 is 0 Å². The van der Waals surface area contributed by atoms with Crippen molar-refractivity contribution < 1.29 is 4.74 Å². The lowest BCUT2D eigenvalue weighted by molar-refractivity contribution is 0.414. The van der Waals surface area contributed by atoms with Crippen LogP contribution in [0.15, 0.2) is 42.9 Å². The number of methoxy groups -OCH3 is 1. The standard InChI is InChI=1S/C20H22N8O.C2H6/c1-29-17-8-19-22-12-16(28(19)27-20(17)13-9-23-24-10-13)15-5-2-6-18(26-15)25-14-4-3-7-21-11-14;1-2/h2,5-6,8-10,12,14,21H,3-4,7,11H2,1H3,(H,23,24)(H,25,26);1-2H3. The molecule has 1 atom stereocenters. The topological polar surface area (TPSA) is 105 Å². The largest absolute Gasteiger partial charge is 0.494 e. The highest BCUT2D eigenvalue weighted by Gasteiger charge is 2.17. The molecule has 1 aliphatic heterocycles. The number of ether oxygens (including phenoxy) is 1. The number of hydrogen-bond acceptors (Lipinski definition) is 7. The normalized spacial score (nSPS) is 15.9. The molecule has 5 rings (SSSR count). The molecule has 4 aromatic rings. The fourth-order valence-electron chi connectivity index (χ4n) is 3.65. The van der Waals surface area contributed by atoms with Gasteiger partial charge in [-0.05, 0) is 31.5 Å². The summed E-state index contributed by atoms with van der Waals surface area (Å²) in [6, 6.07) is 8.23. The number of imidazole rings is 1. The Hall–Kier alpha value is -3.46. The Bertz CT molecular complexity index is 1120. The maximum atomic E-state index is 5.51. The van der Waals surface area contributed by atoms with Gasteiger partial charge >= 0.3 is 0 Å². The number of rotatable bonds is 5. The third kappa shape index (κ3) is 4.36. The summed E-state index contributed by atoms with van der Waals surface area (Å²) in [6.07, 6.45) is 7.61. The quantitative estimate of drug-likeness (QED) is 0.454. The van der Waals surface area contributed by atoms with E-state index in [9.17, 15) is 0 Å². The van der Waals surface area contributed by atoms with E-state index < -0.39 is 0 Å². The molecule has 0 aromatic carbocycles. The molecular formula is C22H28N8O. The number of nitrogens with one attached hydrogen (secondary N) is 3. The third-order valence-electron chi connectivity index (χ3n) is 5.11. The van der Waals surface area contributed by atoms with Gasteiger partial charge in [0.1, 0.15) is 17.2 Å². The number of fused-ring (bicyclic) bond motifs is 1. The zero-order valence-corrected chi connectivity index (χ0v) is 18.1. The highest BCUT2D eigenvalue weighted by molar-refractivity contribution is 5.69. The van der Waals surface area contributed by atoms with Gasteiger partial charge < -0.3 is 15.4 Å². The van der Waals surface area contributed by atoms with Crippen LogP contribution in [-0.4, -0.2) is 56.0 Å². The molecule has 3 N–H and O–H groups in total. The highest BCUT2D eigenvalue weighted by Crippen LogP contribution is 2.30. The molecule has 0 aliphatic carbocycles. The number of aromatic nitrogens is 6. The molecule has 5 heterocycles. The lowest BCUT2D eigenvalue weighted by atomic mass is 10.1. The molecule has 9 heteroatoms. The van der Waals surface area contributed by atoms with E-state index in [0.29, 0.717) is 23.1 Å². The number of piperidine rings is 1. The van der Waals surface area contributed by atoms with Gasteiger partial charge in [0.2, 0.25) is 0 Å². The second kappa shape index (κ2) is 9.57. The maximum absolute atomic E-state index is 5.51. The molecule has 0 spiro atoms. The van der Waals surface area contributed by atoms with E-state index in [4.69, 9.17) is 14.8 Å². The summed E-state index contributed by atoms with van der Waals surface area (Å²) in [7, 11) is 1.62. The molecule has 162 valence electrons. The minimum atomic E-state index is 0.392. The summed E-state index contributed by atoms with van der Waals surface area (Å²) in [4.78, 5) is 9.30. The van der Waals surface area contributed by atoms with E-state index in [1.165, 1.54) is 6.42 Å². The molecule has 9 nitrogen and oxygen atoms in total. The molecule has 1 aliphatic rings. The number of nitrogens with zero attached hydrogens (tertiary/aromatic N) is 5. The van der Waals surface area contributed by atoms with Crippen LogP contribution in [0.3, 0.4) is 0 Å². The monoisotopic (exact) mass is 420 g/mol. The number of hydrogen-bond donors (Lipinski definition) is 3. The molecular weight excluding hydrogens is 392 g/mol. The average Bonchev–Trinajstić information content (AvgIpc) is 3.50. The smallest absolute Gasteiger partial charge is 0.157 e. The number of anilines is 1. The summed E-state index contributed by atoms with van der Waals surface area (Å²) in [6.45, 7) is 6.04. The van der Waals surface area contributed by atoms with Gasteiger partial charge in [-0.3, -0.25) is 5.10 Å². The van der Waals surface area contributed by atoms with Crippen LogP contribution in [-0.2, 0) is 0 Å². The third-order valence-corrected chi connectivity index (χ3v) is 5.11. The van der Waals surface area contributed by atoms with Crippen LogP contribution < -0.4 is 15.4 Å². The second-order valence-electron chi connectivity index (χ2n) is 7.06. The summed E-state index contributed by atoms with van der Waals surface area (Å²) >= 11 is 0. The number of aromatic amines is 1. The van der Waals surface area contributed by atoms with Gasteiger partial charge in [-0.15, -0.1) is 0 Å². The predicted molar refractivity (Wildman–Crippen MR) is 121 cm³/mol. The van der Waals surface area contributed by atoms with Crippen LogP contribution in [0.4, 0.5) is 5.82 Å². The Morgan fingerprint density at radius 2 is 2.13 bits per heavy atom. The van der Waals surface area contributed by atoms with Crippen molar-refractivity contribution in [1.82, 2.24) is 35.1 Å². The van der Waals surface area contributed by atoms with Crippen LogP contribution in [0.5, 0.6) is 5.75 Å². The lowest BCUT2D eigenvalue weighted by Gasteiger charge is -2.24. The van der Waals surface area contributed by atoms with Gasteiger partial charge in [0.25, 0.3) is 0 Å². The van der Waals surface area contributed by atoms with E-state index in [0.717, 1.165) is 42.3 Å². The first-order valence-electron chi connectivity index (χ1n) is 10.7. The van der Waals surface area contributed by atoms with Crippen molar-refractivity contribution in [3.05, 3.63) is 42.9 Å². The molecule has 1 saturated heterocycles. The first-order chi connectivity index (χ1) is 15.3. The van der Waals surface area contributed by atoms with Gasteiger partial charge in [-0.1, -0.05) is 19.9 Å². The van der Waals surface area contributed by atoms with Gasteiger partial charge in [0.15, 0.2) is 11.4 Å². The fraction of sp³-hybridized carbons (Fsp3) is 0.364. The minimum absolute atomic E-state index is 0.392. The average molecular weight is 421 g/mol. The van der Waals surface area contributed by atoms with E-state index in [1.807, 2.05) is 38.1 Å². The summed E-state index contributed by atoms with van der Waals surface area (Å²) in [5.74, 6) is 1.50. The zero-order chi connectivity index (χ0) is 21.6. The first kappa shape index (κ1) is 20.8. The van der Waals surface area contributed by atoms with Crippen LogP contribution in [0, 0.1) is 0 Å². The Kier molecular flexibility index (Phi) is 6.42. The molecule has 1 unspecified atom stereocenters. The number of H-pyrrole nitrogens is 1. The van der Waals surface area contributed by atoms with Crippen molar-refractivity contribution in [3.8, 4) is 28.4 Å². The first-order valence-corrected chi connectivity index (χ1v) is 10.7. The molecule has 4 aromatic heterocycles. The highest BCUT2D eigenvalue weighted by atomic mass is 16.5. The molecule has 0 saturated carbocycles. The SMILES string of the molecule is CC.COc1cc2ncc(-c3cccc(NC4CCCNC4)n3)n2nc1-c1cn[nH]c1. The minimum Gasteiger partial charge on any atom is -0.494 e. The van der Waals surface area contributed by atoms with Gasteiger partial charge in [0.05, 0.1) is 25.2 Å². The summed E-state index contributed by atoms with van der Waals surface area (Å²) in [5, 5.41) is 18.5. The fourth-order valence-corrected chi connectivity index (χ4v) is 3.65. The predicted octanol–water partition coefficient (Wildman–Crippen LogP) is 3.38. The summed E-state index contributed by atoms with van der Waals surface area (Å²) < 4.78 is 7.30. The Morgan fingerprint density at radius 1 is 1.23 bits per heavy atom. The van der Waals surface area contributed by atoms with Crippen molar-refractivity contribution in [1.29, 1.82) is 0 Å². The molecule has 0 amide bonds. The van der Waals surface area contributed by atoms with Crippen LogP contribution in [0.25, 0.3) is 28.3 Å². The maximum Gasteiger partial charge on any atom is 0.157 e. The Labute approximate surface area is 181 Å². The zero-order valence-electron chi connectivity index (χ0n) is 18.1. The van der Waals surface area contributed by atoms with E-state index in [1.54, 1.807) is 30.2 Å². The van der Waals surface area contributed by atoms with Crippen molar-refractivity contribution in [2.45, 2.75) is 32.7 Å². The van der Waals surface area contributed by atoms with E-state index in [-0.39, 0.29) is 0 Å². The molecule has 31 heavy (non-hydrogen) atoms. The van der Waals surface area contributed by atoms with Crippen LogP contribution >= 0.6 is 0 Å². The van der Waals surface area contributed by atoms with E-state index in [2.05, 4.69) is 25.8 Å². The summed E-state index contributed by atoms with van der Waals surface area (Å²) in [5.41, 5.74) is 3.85. The molecule has 0 bridgehead atoms. The Morgan fingerprint density at radius 3 is 2.87 bits per heavy atom. The van der Waals surface area contributed by atoms with Crippen LogP contribution in [0.1, 0.15) is 26.7 Å². The molecule has 0 radical (unpaired) electrons. The Balaban J connectivity index is 0.00000112. The van der Waals surface area contributed by atoms with Gasteiger partial charge in [0, 0.05) is 30.4 Å². The van der Waals surface area contributed by atoms with Crippen molar-refractivity contribution >= 4 is 11.5 Å². The van der Waals surface area contributed by atoms with Crippen LogP contribution in [0.2, 0.25) is 0 Å². The van der Waals surface area contributed by atoms with Crippen molar-refractivity contribution in [2.24, 2.45) is 0 Å². The molecule has 1 fully saturated rings. The van der Waals surface area contributed by atoms with Crippen molar-refractivity contribution in [3.63, 3.8) is 0 Å². The van der Waals surface area contributed by atoms with Crippen molar-refractivity contribution in [2.75, 3.05) is 25.5 Å². The number of pyridine rings is 1. The lowest BCUT2D eigenvalue weighted by Crippen LogP contribution is -2.38. The van der Waals surface area contributed by atoms with Gasteiger partial charge in [-0.2, -0.15) is 10.2 Å². The van der Waals surface area contributed by atoms with Gasteiger partial charge in [-0.25, -0.2) is 14.5 Å². The second-order valence-corrected chi connectivity index (χ2v) is 7.06.